The Balaban J connectivity index is 1.87. The minimum absolute atomic E-state index is 0.105. The highest BCUT2D eigenvalue weighted by atomic mass is 35.5. The lowest BCUT2D eigenvalue weighted by atomic mass is 10.0. The monoisotopic (exact) mass is 466 g/mol. The number of ether oxygens (including phenoxy) is 1. The number of amides is 2. The molecule has 3 rings (SSSR count). The maximum Gasteiger partial charge on any atom is 0.261 e. The van der Waals surface area contributed by atoms with E-state index in [1.165, 1.54) is 4.90 Å². The molecule has 6 nitrogen and oxygen atoms in total. The van der Waals surface area contributed by atoms with Crippen molar-refractivity contribution in [1.82, 2.24) is 10.2 Å². The molecule has 0 unspecified atom stereocenters. The van der Waals surface area contributed by atoms with E-state index in [0.717, 1.165) is 11.1 Å². The summed E-state index contributed by atoms with van der Waals surface area (Å²) in [7, 11) is 0. The van der Waals surface area contributed by atoms with Crippen LogP contribution in [0.1, 0.15) is 11.1 Å². The molecule has 7 heteroatoms. The smallest absolute Gasteiger partial charge is 0.261 e. The molecule has 0 aliphatic carbocycles. The molecule has 1 atom stereocenters. The van der Waals surface area contributed by atoms with Crippen LogP contribution < -0.4 is 10.1 Å². The Morgan fingerprint density at radius 2 is 1.55 bits per heavy atom. The first-order valence-corrected chi connectivity index (χ1v) is 11.1. The van der Waals surface area contributed by atoms with E-state index < -0.39 is 6.04 Å². The first-order chi connectivity index (χ1) is 16.1. The van der Waals surface area contributed by atoms with Crippen molar-refractivity contribution in [2.45, 2.75) is 19.0 Å². The normalized spacial score (nSPS) is 11.5. The molecule has 2 amide bonds. The Morgan fingerprint density at radius 1 is 0.909 bits per heavy atom. The number of aliphatic hydroxyl groups is 1. The van der Waals surface area contributed by atoms with Crippen molar-refractivity contribution in [2.24, 2.45) is 0 Å². The Labute approximate surface area is 198 Å². The van der Waals surface area contributed by atoms with Crippen LogP contribution in [0.15, 0.2) is 84.9 Å². The van der Waals surface area contributed by atoms with Gasteiger partial charge in [0.25, 0.3) is 5.91 Å². The van der Waals surface area contributed by atoms with Crippen molar-refractivity contribution in [3.05, 3.63) is 101 Å². The number of hydrogen-bond donors (Lipinski definition) is 2. The number of para-hydroxylation sites is 1. The Hall–Kier alpha value is -3.35. The second-order valence-corrected chi connectivity index (χ2v) is 7.91. The summed E-state index contributed by atoms with van der Waals surface area (Å²) >= 11 is 6.02. The summed E-state index contributed by atoms with van der Waals surface area (Å²) in [6.07, 6.45) is 0.322. The molecule has 0 saturated carbocycles. The third-order valence-corrected chi connectivity index (χ3v) is 5.31. The molecule has 0 spiro atoms. The largest absolute Gasteiger partial charge is 0.484 e. The SMILES string of the molecule is O=C(NCCO)[C@@H](Cc1ccccc1)N(Cc1ccc(Cl)cc1)C(=O)COc1ccccc1. The van der Waals surface area contributed by atoms with Gasteiger partial charge >= 0.3 is 0 Å². The molecule has 0 aromatic heterocycles. The zero-order chi connectivity index (χ0) is 23.5. The fourth-order valence-electron chi connectivity index (χ4n) is 3.38. The van der Waals surface area contributed by atoms with Gasteiger partial charge in [0.2, 0.25) is 5.91 Å². The molecular formula is C26H27ClN2O4. The van der Waals surface area contributed by atoms with Crippen molar-refractivity contribution in [2.75, 3.05) is 19.8 Å². The highest BCUT2D eigenvalue weighted by Crippen LogP contribution is 2.17. The summed E-state index contributed by atoms with van der Waals surface area (Å²) in [4.78, 5) is 28.0. The van der Waals surface area contributed by atoms with Crippen LogP contribution >= 0.6 is 11.6 Å². The number of benzene rings is 3. The van der Waals surface area contributed by atoms with E-state index in [1.807, 2.05) is 60.7 Å². The van der Waals surface area contributed by atoms with Gasteiger partial charge in [-0.2, -0.15) is 0 Å². The number of hydrogen-bond acceptors (Lipinski definition) is 4. The second kappa shape index (κ2) is 12.6. The van der Waals surface area contributed by atoms with Crippen LogP contribution in [0.25, 0.3) is 0 Å². The van der Waals surface area contributed by atoms with Crippen molar-refractivity contribution >= 4 is 23.4 Å². The third-order valence-electron chi connectivity index (χ3n) is 5.05. The van der Waals surface area contributed by atoms with Crippen molar-refractivity contribution in [3.8, 4) is 5.75 Å². The zero-order valence-electron chi connectivity index (χ0n) is 18.2. The molecule has 33 heavy (non-hydrogen) atoms. The van der Waals surface area contributed by atoms with E-state index in [0.29, 0.717) is 17.2 Å². The fraction of sp³-hybridized carbons (Fsp3) is 0.231. The van der Waals surface area contributed by atoms with E-state index in [2.05, 4.69) is 5.32 Å². The summed E-state index contributed by atoms with van der Waals surface area (Å²) in [5.74, 6) is -0.0922. The van der Waals surface area contributed by atoms with Gasteiger partial charge in [-0.1, -0.05) is 72.3 Å². The van der Waals surface area contributed by atoms with E-state index in [9.17, 15) is 14.7 Å². The first kappa shape index (κ1) is 24.3. The van der Waals surface area contributed by atoms with Gasteiger partial charge in [-0.25, -0.2) is 0 Å². The van der Waals surface area contributed by atoms with Crippen LogP contribution in [0.3, 0.4) is 0 Å². The van der Waals surface area contributed by atoms with Gasteiger partial charge in [0.15, 0.2) is 6.61 Å². The lowest BCUT2D eigenvalue weighted by molar-refractivity contribution is -0.142. The average molecular weight is 467 g/mol. The van der Waals surface area contributed by atoms with Gasteiger partial charge in [0.05, 0.1) is 6.61 Å². The van der Waals surface area contributed by atoms with Crippen molar-refractivity contribution < 1.29 is 19.4 Å². The van der Waals surface area contributed by atoms with Gasteiger partial charge in [0.1, 0.15) is 11.8 Å². The van der Waals surface area contributed by atoms with Gasteiger partial charge in [-0.15, -0.1) is 0 Å². The second-order valence-electron chi connectivity index (χ2n) is 7.47. The molecule has 0 aliphatic rings. The molecule has 0 heterocycles. The predicted molar refractivity (Wildman–Crippen MR) is 128 cm³/mol. The minimum atomic E-state index is -0.790. The number of nitrogens with zero attached hydrogens (tertiary/aromatic N) is 1. The summed E-state index contributed by atoms with van der Waals surface area (Å²) in [6, 6.07) is 24.9. The lowest BCUT2D eigenvalue weighted by Crippen LogP contribution is -2.52. The van der Waals surface area contributed by atoms with Crippen LogP contribution in [0.2, 0.25) is 5.02 Å². The molecular weight excluding hydrogens is 440 g/mol. The molecule has 172 valence electrons. The molecule has 0 radical (unpaired) electrons. The van der Waals surface area contributed by atoms with Gasteiger partial charge < -0.3 is 20.1 Å². The topological polar surface area (TPSA) is 78.9 Å². The number of carbonyl (C=O) groups excluding carboxylic acids is 2. The molecule has 3 aromatic rings. The Bertz CT molecular complexity index is 1010. The van der Waals surface area contributed by atoms with E-state index >= 15 is 0 Å². The molecule has 0 fully saturated rings. The van der Waals surface area contributed by atoms with Gasteiger partial charge in [-0.3, -0.25) is 9.59 Å². The molecule has 0 saturated heterocycles. The van der Waals surface area contributed by atoms with E-state index in [4.69, 9.17) is 16.3 Å². The standard InChI is InChI=1S/C26H27ClN2O4/c27-22-13-11-21(12-14-22)18-29(25(31)19-33-23-9-5-2-6-10-23)24(26(32)28-15-16-30)17-20-7-3-1-4-8-20/h1-14,24,30H,15-19H2,(H,28,32)/t24-/m1/s1. The van der Waals surface area contributed by atoms with Crippen LogP contribution in [0.4, 0.5) is 0 Å². The van der Waals surface area contributed by atoms with Crippen LogP contribution in [-0.2, 0) is 22.6 Å². The van der Waals surface area contributed by atoms with Crippen LogP contribution in [0, 0.1) is 0 Å². The van der Waals surface area contributed by atoms with Crippen molar-refractivity contribution in [3.63, 3.8) is 0 Å². The highest BCUT2D eigenvalue weighted by molar-refractivity contribution is 6.30. The Kier molecular flexibility index (Phi) is 9.30. The minimum Gasteiger partial charge on any atom is -0.484 e. The summed E-state index contributed by atoms with van der Waals surface area (Å²) in [5, 5.41) is 12.5. The molecule has 0 aliphatic heterocycles. The maximum absolute atomic E-state index is 13.3. The van der Waals surface area contributed by atoms with E-state index in [1.54, 1.807) is 24.3 Å². The third kappa shape index (κ3) is 7.63. The average Bonchev–Trinajstić information content (AvgIpc) is 2.85. The number of nitrogens with one attached hydrogen (secondary N) is 1. The summed E-state index contributed by atoms with van der Waals surface area (Å²) < 4.78 is 5.68. The highest BCUT2D eigenvalue weighted by Gasteiger charge is 2.30. The van der Waals surface area contributed by atoms with Gasteiger partial charge in [-0.05, 0) is 35.4 Å². The van der Waals surface area contributed by atoms with Crippen LogP contribution in [0.5, 0.6) is 5.75 Å². The summed E-state index contributed by atoms with van der Waals surface area (Å²) in [5.41, 5.74) is 1.75. The quantitative estimate of drug-likeness (QED) is 0.453. The number of carbonyl (C=O) groups is 2. The van der Waals surface area contributed by atoms with Crippen molar-refractivity contribution in [1.29, 1.82) is 0 Å². The molecule has 0 bridgehead atoms. The Morgan fingerprint density at radius 3 is 2.18 bits per heavy atom. The van der Waals surface area contributed by atoms with E-state index in [-0.39, 0.29) is 38.1 Å². The maximum atomic E-state index is 13.3. The number of halogens is 1. The van der Waals surface area contributed by atoms with Crippen LogP contribution in [-0.4, -0.2) is 47.6 Å². The number of rotatable bonds is 11. The first-order valence-electron chi connectivity index (χ1n) is 10.7. The molecule has 3 aromatic carbocycles. The van der Waals surface area contributed by atoms with Gasteiger partial charge in [0, 0.05) is 24.5 Å². The zero-order valence-corrected chi connectivity index (χ0v) is 18.9. The number of aliphatic hydroxyl groups excluding tert-OH is 1. The summed E-state index contributed by atoms with van der Waals surface area (Å²) in [6.45, 7) is -0.0893. The predicted octanol–water partition coefficient (Wildman–Crippen LogP) is 3.47. The lowest BCUT2D eigenvalue weighted by Gasteiger charge is -2.31. The molecule has 2 N–H and O–H groups in total. The fourth-order valence-corrected chi connectivity index (χ4v) is 3.51.